The molecule has 0 aliphatic carbocycles. The van der Waals surface area contributed by atoms with E-state index in [2.05, 4.69) is 50.5 Å². The minimum absolute atomic E-state index is 0.115. The van der Waals surface area contributed by atoms with Crippen LogP contribution in [0.25, 0.3) is 0 Å². The summed E-state index contributed by atoms with van der Waals surface area (Å²) in [5.41, 5.74) is 1.16. The maximum Gasteiger partial charge on any atom is 0.253 e. The molecule has 8 heteroatoms. The molecule has 2 amide bonds. The predicted octanol–water partition coefficient (Wildman–Crippen LogP) is 3.50. The highest BCUT2D eigenvalue weighted by molar-refractivity contribution is 14.1. The van der Waals surface area contributed by atoms with Gasteiger partial charge in [0.25, 0.3) is 5.91 Å². The van der Waals surface area contributed by atoms with Crippen LogP contribution in [-0.4, -0.2) is 25.9 Å². The Bertz CT molecular complexity index is 564. The number of anilines is 1. The van der Waals surface area contributed by atoms with Crippen LogP contribution in [0.2, 0.25) is 5.02 Å². The van der Waals surface area contributed by atoms with Gasteiger partial charge >= 0.3 is 0 Å². The molecular weight excluding hydrogens is 608 g/mol. The largest absolute Gasteiger partial charge is 0.355 e. The topological polar surface area (TPSA) is 49.4 Å². The zero-order valence-electron chi connectivity index (χ0n) is 10.3. The number of rotatable bonds is 2. The molecule has 1 N–H and O–H groups in total. The van der Waals surface area contributed by atoms with E-state index in [-0.39, 0.29) is 11.8 Å². The van der Waals surface area contributed by atoms with Crippen LogP contribution in [-0.2, 0) is 4.79 Å². The summed E-state index contributed by atoms with van der Waals surface area (Å²) >= 11 is 12.5. The van der Waals surface area contributed by atoms with Gasteiger partial charge in [0.2, 0.25) is 5.91 Å². The maximum atomic E-state index is 12.0. The Hall–Kier alpha value is 0.640. The molecular formula is C11H10ClI3N2O2. The van der Waals surface area contributed by atoms with Gasteiger partial charge in [-0.15, -0.1) is 0 Å². The molecule has 0 radical (unpaired) electrons. The molecule has 0 bridgehead atoms. The number of nitrogens with zero attached hydrogens (tertiary/aromatic N) is 1. The van der Waals surface area contributed by atoms with Crippen LogP contribution in [0, 0.1) is 10.7 Å². The quantitative estimate of drug-likeness (QED) is 0.314. The highest BCUT2D eigenvalue weighted by Crippen LogP contribution is 2.39. The second kappa shape index (κ2) is 7.07. The van der Waals surface area contributed by atoms with Crippen molar-refractivity contribution >= 4 is 96.9 Å². The summed E-state index contributed by atoms with van der Waals surface area (Å²) in [6.07, 6.45) is 0. The second-order valence-electron chi connectivity index (χ2n) is 3.64. The number of hydrogen-bond donors (Lipinski definition) is 1. The van der Waals surface area contributed by atoms with Gasteiger partial charge in [-0.3, -0.25) is 9.59 Å². The first-order valence-electron chi connectivity index (χ1n) is 5.06. The Morgan fingerprint density at radius 2 is 1.68 bits per heavy atom. The Kier molecular flexibility index (Phi) is 6.58. The predicted molar refractivity (Wildman–Crippen MR) is 102 cm³/mol. The number of halogens is 4. The molecule has 1 rings (SSSR count). The summed E-state index contributed by atoms with van der Waals surface area (Å²) in [6.45, 7) is 1.47. The highest BCUT2D eigenvalue weighted by atomic mass is 127. The third-order valence-corrected chi connectivity index (χ3v) is 6.70. The van der Waals surface area contributed by atoms with Crippen LogP contribution in [0.15, 0.2) is 0 Å². The van der Waals surface area contributed by atoms with E-state index < -0.39 is 0 Å². The van der Waals surface area contributed by atoms with Gasteiger partial charge in [-0.1, -0.05) is 11.6 Å². The summed E-state index contributed by atoms with van der Waals surface area (Å²) < 4.78 is 2.17. The molecule has 0 saturated carbocycles. The minimum atomic E-state index is -0.217. The molecule has 1 aromatic carbocycles. The van der Waals surface area contributed by atoms with Crippen molar-refractivity contribution in [1.29, 1.82) is 0 Å². The van der Waals surface area contributed by atoms with E-state index in [4.69, 9.17) is 11.6 Å². The fourth-order valence-corrected chi connectivity index (χ4v) is 5.96. The Labute approximate surface area is 157 Å². The third kappa shape index (κ3) is 3.46. The van der Waals surface area contributed by atoms with Crippen molar-refractivity contribution in [3.05, 3.63) is 21.3 Å². The van der Waals surface area contributed by atoms with E-state index in [0.717, 1.165) is 3.57 Å². The van der Waals surface area contributed by atoms with E-state index in [1.165, 1.54) is 11.8 Å². The van der Waals surface area contributed by atoms with Crippen LogP contribution < -0.4 is 10.2 Å². The van der Waals surface area contributed by atoms with Gasteiger partial charge in [0.05, 0.1) is 23.4 Å². The monoisotopic (exact) mass is 618 g/mol. The van der Waals surface area contributed by atoms with Crippen LogP contribution >= 0.6 is 79.4 Å². The van der Waals surface area contributed by atoms with Gasteiger partial charge in [0.15, 0.2) is 0 Å². The Balaban J connectivity index is 3.70. The van der Waals surface area contributed by atoms with Gasteiger partial charge in [0.1, 0.15) is 0 Å². The van der Waals surface area contributed by atoms with Crippen molar-refractivity contribution in [2.45, 2.75) is 6.92 Å². The molecule has 1 aromatic rings. The lowest BCUT2D eigenvalue weighted by atomic mass is 10.1. The number of benzene rings is 1. The molecule has 19 heavy (non-hydrogen) atoms. The summed E-state index contributed by atoms with van der Waals surface area (Å²) in [5, 5.41) is 3.08. The molecule has 0 saturated heterocycles. The van der Waals surface area contributed by atoms with E-state index in [0.29, 0.717) is 23.4 Å². The van der Waals surface area contributed by atoms with Crippen molar-refractivity contribution < 1.29 is 9.59 Å². The SMILES string of the molecule is CNC(=O)c1c(I)c(Cl)c(I)c(N(C)C(C)=O)c1I. The van der Waals surface area contributed by atoms with Crippen LogP contribution in [0.4, 0.5) is 5.69 Å². The standard InChI is InChI=1S/C11H10ClI3N2O2/c1-4(18)17(3)10-8(14)5(11(19)16-2)7(13)6(12)9(10)15/h1-3H3,(H,16,19). The van der Waals surface area contributed by atoms with E-state index in [1.54, 1.807) is 14.1 Å². The zero-order chi connectivity index (χ0) is 14.9. The molecule has 0 aliphatic heterocycles. The summed E-state index contributed by atoms with van der Waals surface area (Å²) in [5.74, 6) is -0.332. The molecule has 0 unspecified atom stereocenters. The average molecular weight is 618 g/mol. The van der Waals surface area contributed by atoms with Crippen molar-refractivity contribution in [2.24, 2.45) is 0 Å². The summed E-state index contributed by atoms with van der Waals surface area (Å²) in [4.78, 5) is 25.0. The lowest BCUT2D eigenvalue weighted by molar-refractivity contribution is -0.116. The van der Waals surface area contributed by atoms with Crippen molar-refractivity contribution in [3.8, 4) is 0 Å². The molecule has 0 heterocycles. The molecule has 4 nitrogen and oxygen atoms in total. The molecule has 0 atom stereocenters. The number of carbonyl (C=O) groups is 2. The van der Waals surface area contributed by atoms with E-state index in [9.17, 15) is 9.59 Å². The Morgan fingerprint density at radius 3 is 2.11 bits per heavy atom. The van der Waals surface area contributed by atoms with Gasteiger partial charge in [-0.2, -0.15) is 0 Å². The van der Waals surface area contributed by atoms with Gasteiger partial charge < -0.3 is 10.2 Å². The van der Waals surface area contributed by atoms with Crippen LogP contribution in [0.1, 0.15) is 17.3 Å². The number of carbonyl (C=O) groups excluding carboxylic acids is 2. The molecule has 0 fully saturated rings. The number of nitrogens with one attached hydrogen (secondary N) is 1. The summed E-state index contributed by atoms with van der Waals surface area (Å²) in [6, 6.07) is 0. The van der Waals surface area contributed by atoms with Crippen LogP contribution in [0.5, 0.6) is 0 Å². The van der Waals surface area contributed by atoms with Crippen LogP contribution in [0.3, 0.4) is 0 Å². The summed E-state index contributed by atoms with van der Waals surface area (Å²) in [7, 11) is 3.23. The number of amides is 2. The number of hydrogen-bond acceptors (Lipinski definition) is 2. The zero-order valence-corrected chi connectivity index (χ0v) is 17.5. The van der Waals surface area contributed by atoms with E-state index >= 15 is 0 Å². The third-order valence-electron chi connectivity index (χ3n) is 2.50. The lowest BCUT2D eigenvalue weighted by Gasteiger charge is -2.22. The smallest absolute Gasteiger partial charge is 0.253 e. The molecule has 104 valence electrons. The van der Waals surface area contributed by atoms with Crippen molar-refractivity contribution in [1.82, 2.24) is 5.32 Å². The van der Waals surface area contributed by atoms with Gasteiger partial charge in [-0.25, -0.2) is 0 Å². The lowest BCUT2D eigenvalue weighted by Crippen LogP contribution is -2.28. The Morgan fingerprint density at radius 1 is 1.16 bits per heavy atom. The minimum Gasteiger partial charge on any atom is -0.355 e. The molecule has 0 spiro atoms. The van der Waals surface area contributed by atoms with E-state index in [1.807, 2.05) is 22.6 Å². The first kappa shape index (κ1) is 17.7. The second-order valence-corrected chi connectivity index (χ2v) is 7.25. The van der Waals surface area contributed by atoms with Crippen molar-refractivity contribution in [2.75, 3.05) is 19.0 Å². The fraction of sp³-hybridized carbons (Fsp3) is 0.273. The normalized spacial score (nSPS) is 10.3. The molecule has 0 aromatic heterocycles. The maximum absolute atomic E-state index is 12.0. The highest BCUT2D eigenvalue weighted by Gasteiger charge is 2.26. The van der Waals surface area contributed by atoms with Gasteiger partial charge in [0, 0.05) is 24.6 Å². The van der Waals surface area contributed by atoms with Crippen molar-refractivity contribution in [3.63, 3.8) is 0 Å². The average Bonchev–Trinajstić information content (AvgIpc) is 2.35. The first-order valence-corrected chi connectivity index (χ1v) is 8.67. The van der Waals surface area contributed by atoms with Gasteiger partial charge in [-0.05, 0) is 67.8 Å². The first-order chi connectivity index (χ1) is 8.73. The molecule has 0 aliphatic rings. The fourth-order valence-electron chi connectivity index (χ4n) is 1.40.